The van der Waals surface area contributed by atoms with Gasteiger partial charge in [0.25, 0.3) is 5.91 Å². The number of hydrogen-bond acceptors (Lipinski definition) is 5. The summed E-state index contributed by atoms with van der Waals surface area (Å²) in [5.74, 6) is 0.938. The molecule has 120 valence electrons. The number of aromatic nitrogens is 2. The van der Waals surface area contributed by atoms with E-state index in [4.69, 9.17) is 0 Å². The molecule has 0 saturated carbocycles. The molecule has 4 nitrogen and oxygen atoms in total. The van der Waals surface area contributed by atoms with Gasteiger partial charge >= 0.3 is 0 Å². The monoisotopic (exact) mass is 353 g/mol. The summed E-state index contributed by atoms with van der Waals surface area (Å²) in [7, 11) is 0. The van der Waals surface area contributed by atoms with Crippen LogP contribution in [0.15, 0.2) is 53.6 Å². The van der Waals surface area contributed by atoms with E-state index in [0.29, 0.717) is 4.88 Å². The highest BCUT2D eigenvalue weighted by molar-refractivity contribution is 7.99. The molecule has 3 heterocycles. The zero-order chi connectivity index (χ0) is 16.5. The van der Waals surface area contributed by atoms with Crippen molar-refractivity contribution in [3.63, 3.8) is 0 Å². The summed E-state index contributed by atoms with van der Waals surface area (Å²) in [5, 5.41) is 0.788. The van der Waals surface area contributed by atoms with E-state index in [2.05, 4.69) is 16.0 Å². The largest absolute Gasteiger partial charge is 0.306 e. The third-order valence-corrected chi connectivity index (χ3v) is 6.06. The summed E-state index contributed by atoms with van der Waals surface area (Å²) >= 11 is 3.21. The van der Waals surface area contributed by atoms with Gasteiger partial charge in [0.05, 0.1) is 17.1 Å². The minimum absolute atomic E-state index is 0.0277. The quantitative estimate of drug-likeness (QED) is 0.690. The van der Waals surface area contributed by atoms with Crippen LogP contribution in [0.25, 0.3) is 10.7 Å². The van der Waals surface area contributed by atoms with Crippen molar-refractivity contribution in [2.75, 3.05) is 17.2 Å². The Bertz CT molecular complexity index is 892. The summed E-state index contributed by atoms with van der Waals surface area (Å²) in [6, 6.07) is 13.8. The number of rotatable bonds is 2. The van der Waals surface area contributed by atoms with Crippen LogP contribution in [-0.2, 0) is 0 Å². The lowest BCUT2D eigenvalue weighted by Crippen LogP contribution is -2.35. The average molecular weight is 353 g/mol. The van der Waals surface area contributed by atoms with Gasteiger partial charge < -0.3 is 4.90 Å². The number of carbonyl (C=O) groups is 1. The van der Waals surface area contributed by atoms with Crippen molar-refractivity contribution in [3.8, 4) is 10.7 Å². The van der Waals surface area contributed by atoms with Gasteiger partial charge in [-0.2, -0.15) is 0 Å². The van der Waals surface area contributed by atoms with E-state index in [1.807, 2.05) is 48.2 Å². The lowest BCUT2D eigenvalue weighted by Gasteiger charge is -2.28. The van der Waals surface area contributed by atoms with E-state index in [-0.39, 0.29) is 5.91 Å². The standard InChI is InChI=1S/C18H15N3OS2/c1-12-16(24-17(20-12)13-6-4-5-9-19-13)18(22)21-10-11-23-15-8-3-2-7-14(15)21/h2-9H,10-11H2,1H3. The molecule has 1 aliphatic rings. The Hall–Kier alpha value is -2.18. The Morgan fingerprint density at radius 1 is 1.17 bits per heavy atom. The first-order valence-corrected chi connectivity index (χ1v) is 9.47. The molecule has 0 bridgehead atoms. The van der Waals surface area contributed by atoms with Crippen molar-refractivity contribution in [1.82, 2.24) is 9.97 Å². The Kier molecular flexibility index (Phi) is 4.08. The molecule has 0 aliphatic carbocycles. The van der Waals surface area contributed by atoms with Crippen molar-refractivity contribution < 1.29 is 4.79 Å². The van der Waals surface area contributed by atoms with E-state index < -0.39 is 0 Å². The molecule has 0 radical (unpaired) electrons. The van der Waals surface area contributed by atoms with Crippen LogP contribution in [0.4, 0.5) is 5.69 Å². The summed E-state index contributed by atoms with van der Waals surface area (Å²) in [6.45, 7) is 2.61. The van der Waals surface area contributed by atoms with Crippen LogP contribution < -0.4 is 4.90 Å². The number of thioether (sulfide) groups is 1. The lowest BCUT2D eigenvalue weighted by molar-refractivity contribution is 0.0991. The zero-order valence-corrected chi connectivity index (χ0v) is 14.7. The van der Waals surface area contributed by atoms with Gasteiger partial charge in [-0.3, -0.25) is 9.78 Å². The molecule has 0 atom stereocenters. The van der Waals surface area contributed by atoms with Crippen LogP contribution in [0, 0.1) is 6.92 Å². The molecular formula is C18H15N3OS2. The molecule has 1 amide bonds. The number of thiazole rings is 1. The van der Waals surface area contributed by atoms with Crippen molar-refractivity contribution in [2.45, 2.75) is 11.8 Å². The normalized spacial score (nSPS) is 13.6. The third-order valence-electron chi connectivity index (χ3n) is 3.85. The fourth-order valence-electron chi connectivity index (χ4n) is 2.70. The van der Waals surface area contributed by atoms with Crippen molar-refractivity contribution >= 4 is 34.7 Å². The highest BCUT2D eigenvalue weighted by Gasteiger charge is 2.27. The van der Waals surface area contributed by atoms with Crippen LogP contribution in [-0.4, -0.2) is 28.2 Å². The molecular weight excluding hydrogens is 338 g/mol. The second-order valence-electron chi connectivity index (χ2n) is 5.42. The van der Waals surface area contributed by atoms with E-state index >= 15 is 0 Å². The van der Waals surface area contributed by atoms with Crippen LogP contribution >= 0.6 is 23.1 Å². The number of para-hydroxylation sites is 1. The Balaban J connectivity index is 1.70. The number of hydrogen-bond donors (Lipinski definition) is 0. The maximum Gasteiger partial charge on any atom is 0.270 e. The van der Waals surface area contributed by atoms with Crippen molar-refractivity contribution in [3.05, 3.63) is 59.2 Å². The first-order valence-electron chi connectivity index (χ1n) is 7.66. The van der Waals surface area contributed by atoms with Gasteiger partial charge in [0, 0.05) is 23.4 Å². The number of benzene rings is 1. The average Bonchev–Trinajstić information content (AvgIpc) is 3.03. The SMILES string of the molecule is Cc1nc(-c2ccccn2)sc1C(=O)N1CCSc2ccccc21. The molecule has 24 heavy (non-hydrogen) atoms. The summed E-state index contributed by atoms with van der Waals surface area (Å²) in [6.07, 6.45) is 1.74. The number of fused-ring (bicyclic) bond motifs is 1. The van der Waals surface area contributed by atoms with Crippen LogP contribution in [0.2, 0.25) is 0 Å². The van der Waals surface area contributed by atoms with E-state index in [1.54, 1.807) is 18.0 Å². The summed E-state index contributed by atoms with van der Waals surface area (Å²) < 4.78 is 0. The molecule has 6 heteroatoms. The Morgan fingerprint density at radius 3 is 2.83 bits per heavy atom. The first kappa shape index (κ1) is 15.4. The van der Waals surface area contributed by atoms with Crippen LogP contribution in [0.3, 0.4) is 0 Å². The number of carbonyl (C=O) groups excluding carboxylic acids is 1. The topological polar surface area (TPSA) is 46.1 Å². The second kappa shape index (κ2) is 6.37. The molecule has 0 saturated heterocycles. The van der Waals surface area contributed by atoms with Crippen LogP contribution in [0.5, 0.6) is 0 Å². The smallest absolute Gasteiger partial charge is 0.270 e. The summed E-state index contributed by atoms with van der Waals surface area (Å²) in [4.78, 5) is 25.7. The highest BCUT2D eigenvalue weighted by Crippen LogP contribution is 2.36. The predicted octanol–water partition coefficient (Wildman–Crippen LogP) is 4.27. The Morgan fingerprint density at radius 2 is 2.00 bits per heavy atom. The number of pyridine rings is 1. The van der Waals surface area contributed by atoms with Gasteiger partial charge in [0.1, 0.15) is 9.88 Å². The fourth-order valence-corrected chi connectivity index (χ4v) is 4.68. The van der Waals surface area contributed by atoms with Crippen molar-refractivity contribution in [1.29, 1.82) is 0 Å². The first-order chi connectivity index (χ1) is 11.7. The molecule has 2 aromatic heterocycles. The van der Waals surface area contributed by atoms with Gasteiger partial charge in [-0.1, -0.05) is 18.2 Å². The van der Waals surface area contributed by atoms with Gasteiger partial charge in [-0.15, -0.1) is 23.1 Å². The van der Waals surface area contributed by atoms with Gasteiger partial charge in [0.15, 0.2) is 0 Å². The number of anilines is 1. The third kappa shape index (κ3) is 2.72. The lowest BCUT2D eigenvalue weighted by atomic mass is 10.2. The molecule has 0 spiro atoms. The van der Waals surface area contributed by atoms with Gasteiger partial charge in [-0.05, 0) is 31.2 Å². The van der Waals surface area contributed by atoms with E-state index in [9.17, 15) is 4.79 Å². The van der Waals surface area contributed by atoms with E-state index in [1.165, 1.54) is 11.3 Å². The summed E-state index contributed by atoms with van der Waals surface area (Å²) in [5.41, 5.74) is 2.56. The van der Waals surface area contributed by atoms with Crippen molar-refractivity contribution in [2.24, 2.45) is 0 Å². The molecule has 0 fully saturated rings. The minimum atomic E-state index is 0.0277. The highest BCUT2D eigenvalue weighted by atomic mass is 32.2. The van der Waals surface area contributed by atoms with Crippen LogP contribution in [0.1, 0.15) is 15.4 Å². The molecule has 0 N–H and O–H groups in total. The maximum atomic E-state index is 13.1. The number of amides is 1. The van der Waals surface area contributed by atoms with Gasteiger partial charge in [-0.25, -0.2) is 4.98 Å². The molecule has 3 aromatic rings. The fraction of sp³-hybridized carbons (Fsp3) is 0.167. The zero-order valence-electron chi connectivity index (χ0n) is 13.1. The molecule has 1 aliphatic heterocycles. The predicted molar refractivity (Wildman–Crippen MR) is 98.9 cm³/mol. The van der Waals surface area contributed by atoms with E-state index in [0.717, 1.165) is 39.3 Å². The number of nitrogens with zero attached hydrogens (tertiary/aromatic N) is 3. The maximum absolute atomic E-state index is 13.1. The minimum Gasteiger partial charge on any atom is -0.306 e. The molecule has 4 rings (SSSR count). The van der Waals surface area contributed by atoms with Gasteiger partial charge in [0.2, 0.25) is 0 Å². The Labute approximate surface area is 148 Å². The molecule has 0 unspecified atom stereocenters. The second-order valence-corrected chi connectivity index (χ2v) is 7.56. The molecule has 1 aromatic carbocycles. The number of aryl methyl sites for hydroxylation is 1.